The number of carbonyl (C=O) groups is 2. The summed E-state index contributed by atoms with van der Waals surface area (Å²) in [5.74, 6) is 1.25. The van der Waals surface area contributed by atoms with Crippen LogP contribution in [0.25, 0.3) is 10.6 Å². The standard InChI is InChI=1S/C21H21N5O4S/c1-2-13-9-19(27)24-21(22-13)26-18(10-14(25-26)17-4-3-7-31-17)23-20(28)12-5-6-15-16(8-12)30-11-29-15/h3-8,10,13,21-22H,2,9,11H2,1H3,(H,23,28)(H,24,27). The first kappa shape index (κ1) is 19.6. The van der Waals surface area contributed by atoms with Crippen LogP contribution in [0.1, 0.15) is 36.4 Å². The summed E-state index contributed by atoms with van der Waals surface area (Å²) in [7, 11) is 0. The summed E-state index contributed by atoms with van der Waals surface area (Å²) in [5, 5.41) is 15.9. The molecule has 0 radical (unpaired) electrons. The van der Waals surface area contributed by atoms with E-state index in [2.05, 4.69) is 21.0 Å². The monoisotopic (exact) mass is 439 g/mol. The lowest BCUT2D eigenvalue weighted by atomic mass is 10.1. The normalized spacial score (nSPS) is 19.8. The van der Waals surface area contributed by atoms with E-state index in [1.54, 1.807) is 40.3 Å². The molecular weight excluding hydrogens is 418 g/mol. The molecule has 160 valence electrons. The van der Waals surface area contributed by atoms with Crippen molar-refractivity contribution in [1.82, 2.24) is 20.4 Å². The third-order valence-corrected chi connectivity index (χ3v) is 6.14. The van der Waals surface area contributed by atoms with Crippen LogP contribution in [0.15, 0.2) is 41.8 Å². The van der Waals surface area contributed by atoms with Crippen LogP contribution in [0.4, 0.5) is 5.82 Å². The number of ether oxygens (including phenoxy) is 2. The predicted molar refractivity (Wildman–Crippen MR) is 115 cm³/mol. The van der Waals surface area contributed by atoms with Crippen molar-refractivity contribution >= 4 is 29.0 Å². The Bertz CT molecular complexity index is 1130. The Morgan fingerprint density at radius 2 is 2.16 bits per heavy atom. The first-order valence-corrected chi connectivity index (χ1v) is 10.9. The van der Waals surface area contributed by atoms with Gasteiger partial charge in [0.15, 0.2) is 17.8 Å². The maximum absolute atomic E-state index is 13.0. The van der Waals surface area contributed by atoms with Crippen LogP contribution in [0.3, 0.4) is 0 Å². The minimum absolute atomic E-state index is 0.0329. The topological polar surface area (TPSA) is 107 Å². The predicted octanol–water partition coefficient (Wildman–Crippen LogP) is 2.94. The van der Waals surface area contributed by atoms with Gasteiger partial charge in [0.05, 0.1) is 4.88 Å². The molecule has 0 spiro atoms. The molecule has 3 N–H and O–H groups in total. The van der Waals surface area contributed by atoms with E-state index >= 15 is 0 Å². The van der Waals surface area contributed by atoms with Gasteiger partial charge in [0.1, 0.15) is 11.5 Å². The van der Waals surface area contributed by atoms with Gasteiger partial charge >= 0.3 is 0 Å². The number of aromatic nitrogens is 2. The number of benzene rings is 1. The van der Waals surface area contributed by atoms with Gasteiger partial charge in [0, 0.05) is 24.1 Å². The van der Waals surface area contributed by atoms with Gasteiger partial charge in [-0.05, 0) is 36.1 Å². The van der Waals surface area contributed by atoms with E-state index in [0.717, 1.165) is 11.3 Å². The van der Waals surface area contributed by atoms with E-state index < -0.39 is 6.29 Å². The van der Waals surface area contributed by atoms with Crippen molar-refractivity contribution in [3.8, 4) is 22.1 Å². The maximum atomic E-state index is 13.0. The molecule has 2 aliphatic heterocycles. The van der Waals surface area contributed by atoms with Gasteiger partial charge in [-0.3, -0.25) is 14.9 Å². The number of anilines is 1. The maximum Gasteiger partial charge on any atom is 0.256 e. The largest absolute Gasteiger partial charge is 0.454 e. The summed E-state index contributed by atoms with van der Waals surface area (Å²) in [6, 6.07) is 10.8. The van der Waals surface area contributed by atoms with Gasteiger partial charge in [-0.25, -0.2) is 4.68 Å². The second-order valence-corrected chi connectivity index (χ2v) is 8.25. The molecule has 2 unspecified atom stereocenters. The second kappa shape index (κ2) is 8.05. The third kappa shape index (κ3) is 3.87. The van der Waals surface area contributed by atoms with Crippen molar-refractivity contribution in [2.24, 2.45) is 0 Å². The van der Waals surface area contributed by atoms with Crippen LogP contribution in [0.2, 0.25) is 0 Å². The van der Waals surface area contributed by atoms with E-state index in [4.69, 9.17) is 9.47 Å². The van der Waals surface area contributed by atoms with Gasteiger partial charge in [0.2, 0.25) is 12.7 Å². The highest BCUT2D eigenvalue weighted by molar-refractivity contribution is 7.13. The van der Waals surface area contributed by atoms with Gasteiger partial charge in [-0.2, -0.15) is 5.10 Å². The first-order valence-electron chi connectivity index (χ1n) is 10.0. The lowest BCUT2D eigenvalue weighted by Gasteiger charge is -2.31. The van der Waals surface area contributed by atoms with E-state index in [-0.39, 0.29) is 24.6 Å². The second-order valence-electron chi connectivity index (χ2n) is 7.30. The summed E-state index contributed by atoms with van der Waals surface area (Å²) in [6.07, 6.45) is 0.652. The van der Waals surface area contributed by atoms with Crippen LogP contribution >= 0.6 is 11.3 Å². The zero-order valence-electron chi connectivity index (χ0n) is 16.8. The van der Waals surface area contributed by atoms with Crippen LogP contribution in [0, 0.1) is 0 Å². The number of nitrogens with one attached hydrogen (secondary N) is 3. The van der Waals surface area contributed by atoms with Gasteiger partial charge in [-0.15, -0.1) is 11.3 Å². The molecule has 2 aromatic heterocycles. The number of amides is 2. The number of hydrogen-bond donors (Lipinski definition) is 3. The fraction of sp³-hybridized carbons (Fsp3) is 0.286. The number of fused-ring (bicyclic) bond motifs is 1. The van der Waals surface area contributed by atoms with Crippen molar-refractivity contribution in [3.63, 3.8) is 0 Å². The Morgan fingerprint density at radius 1 is 1.29 bits per heavy atom. The van der Waals surface area contributed by atoms with Crippen LogP contribution in [-0.2, 0) is 4.79 Å². The Morgan fingerprint density at radius 3 is 2.97 bits per heavy atom. The van der Waals surface area contributed by atoms with Crippen LogP contribution in [0.5, 0.6) is 11.5 Å². The molecule has 9 nitrogen and oxygen atoms in total. The average Bonchev–Trinajstić information content (AvgIpc) is 3.52. The van der Waals surface area contributed by atoms with E-state index in [1.807, 2.05) is 24.4 Å². The summed E-state index contributed by atoms with van der Waals surface area (Å²) < 4.78 is 12.3. The van der Waals surface area contributed by atoms with E-state index in [9.17, 15) is 9.59 Å². The van der Waals surface area contributed by atoms with Crippen molar-refractivity contribution < 1.29 is 19.1 Å². The molecule has 0 aliphatic carbocycles. The summed E-state index contributed by atoms with van der Waals surface area (Å²) in [6.45, 7) is 2.17. The highest BCUT2D eigenvalue weighted by Gasteiger charge is 2.29. The Kier molecular flexibility index (Phi) is 5.08. The van der Waals surface area contributed by atoms with Gasteiger partial charge in [0.25, 0.3) is 5.91 Å². The smallest absolute Gasteiger partial charge is 0.256 e. The molecule has 1 aromatic carbocycles. The zero-order valence-corrected chi connectivity index (χ0v) is 17.6. The molecule has 1 fully saturated rings. The molecule has 0 saturated carbocycles. The number of nitrogens with zero attached hydrogens (tertiary/aromatic N) is 2. The van der Waals surface area contributed by atoms with Crippen molar-refractivity contribution in [2.45, 2.75) is 32.1 Å². The van der Waals surface area contributed by atoms with Gasteiger partial charge < -0.3 is 20.1 Å². The van der Waals surface area contributed by atoms with Gasteiger partial charge in [-0.1, -0.05) is 13.0 Å². The minimum Gasteiger partial charge on any atom is -0.454 e. The lowest BCUT2D eigenvalue weighted by Crippen LogP contribution is -2.53. The fourth-order valence-electron chi connectivity index (χ4n) is 3.61. The molecular formula is C21H21N5O4S. The van der Waals surface area contributed by atoms with Crippen molar-refractivity contribution in [3.05, 3.63) is 47.3 Å². The highest BCUT2D eigenvalue weighted by Crippen LogP contribution is 2.33. The van der Waals surface area contributed by atoms with E-state index in [0.29, 0.717) is 35.0 Å². The Labute approximate surface area is 182 Å². The Balaban J connectivity index is 1.46. The molecule has 0 bridgehead atoms. The van der Waals surface area contributed by atoms with Crippen molar-refractivity contribution in [2.75, 3.05) is 12.1 Å². The summed E-state index contributed by atoms with van der Waals surface area (Å²) >= 11 is 1.55. The molecule has 4 heterocycles. The molecule has 10 heteroatoms. The summed E-state index contributed by atoms with van der Waals surface area (Å²) in [5.41, 5.74) is 1.15. The lowest BCUT2D eigenvalue weighted by molar-refractivity contribution is -0.125. The molecule has 2 aliphatic rings. The number of carbonyl (C=O) groups excluding carboxylic acids is 2. The highest BCUT2D eigenvalue weighted by atomic mass is 32.1. The van der Waals surface area contributed by atoms with Crippen molar-refractivity contribution in [1.29, 1.82) is 0 Å². The molecule has 1 saturated heterocycles. The molecule has 3 aromatic rings. The molecule has 2 atom stereocenters. The number of thiophene rings is 1. The quantitative estimate of drug-likeness (QED) is 0.564. The first-order chi connectivity index (χ1) is 15.1. The molecule has 5 rings (SSSR count). The SMILES string of the molecule is CCC1CC(=O)NC(n2nc(-c3cccs3)cc2NC(=O)c2ccc3c(c2)OCO3)N1. The molecule has 31 heavy (non-hydrogen) atoms. The minimum atomic E-state index is -0.563. The Hall–Kier alpha value is -3.37. The number of rotatable bonds is 5. The van der Waals surface area contributed by atoms with Crippen LogP contribution in [-0.4, -0.2) is 34.4 Å². The van der Waals surface area contributed by atoms with Crippen LogP contribution < -0.4 is 25.4 Å². The average molecular weight is 439 g/mol. The van der Waals surface area contributed by atoms with E-state index in [1.165, 1.54) is 0 Å². The third-order valence-electron chi connectivity index (χ3n) is 5.25. The zero-order chi connectivity index (χ0) is 21.4. The molecule has 2 amide bonds. The summed E-state index contributed by atoms with van der Waals surface area (Å²) in [4.78, 5) is 26.2. The fourth-order valence-corrected chi connectivity index (χ4v) is 4.29. The number of hydrogen-bond acceptors (Lipinski definition) is 7.